The summed E-state index contributed by atoms with van der Waals surface area (Å²) < 4.78 is 1.31. The number of aromatic nitrogens is 3. The van der Waals surface area contributed by atoms with Gasteiger partial charge in [-0.1, -0.05) is 26.0 Å². The summed E-state index contributed by atoms with van der Waals surface area (Å²) in [4.78, 5) is 28.9. The molecule has 136 valence electrons. The Labute approximate surface area is 156 Å². The van der Waals surface area contributed by atoms with Crippen molar-refractivity contribution in [3.8, 4) is 23.0 Å². The van der Waals surface area contributed by atoms with E-state index in [-0.39, 0.29) is 11.5 Å². The highest BCUT2D eigenvalue weighted by atomic mass is 16.1. The first-order chi connectivity index (χ1) is 13.0. The number of rotatable bonds is 5. The average Bonchev–Trinajstić information content (AvgIpc) is 3.07. The number of nitrogens with zero attached hydrogens (tertiary/aromatic N) is 3. The minimum Gasteiger partial charge on any atom is -0.352 e. The normalized spacial score (nSPS) is 10.6. The van der Waals surface area contributed by atoms with Gasteiger partial charge in [-0.2, -0.15) is 5.26 Å². The molecular weight excluding hydrogens is 342 g/mol. The largest absolute Gasteiger partial charge is 0.352 e. The van der Waals surface area contributed by atoms with E-state index in [2.05, 4.69) is 15.4 Å². The Bertz CT molecular complexity index is 1040. The number of aromatic amines is 1. The molecule has 0 atom stereocenters. The molecule has 2 N–H and O–H groups in total. The highest BCUT2D eigenvalue weighted by molar-refractivity contribution is 5.93. The van der Waals surface area contributed by atoms with Crippen LogP contribution in [0, 0.1) is 17.2 Å². The molecule has 3 rings (SSSR count). The first-order valence-electron chi connectivity index (χ1n) is 8.55. The van der Waals surface area contributed by atoms with Crippen LogP contribution in [-0.4, -0.2) is 27.2 Å². The third-order valence-corrected chi connectivity index (χ3v) is 4.01. The lowest BCUT2D eigenvalue weighted by Crippen LogP contribution is -2.27. The molecule has 0 unspecified atom stereocenters. The molecule has 0 aliphatic carbocycles. The van der Waals surface area contributed by atoms with E-state index in [9.17, 15) is 9.59 Å². The SMILES string of the molecule is CC(C)CNC(=O)c1ccc(-n2[nH]cc(-c3ccc(C#N)cc3)c2=O)nc1. The van der Waals surface area contributed by atoms with E-state index in [1.54, 1.807) is 42.6 Å². The summed E-state index contributed by atoms with van der Waals surface area (Å²) >= 11 is 0. The van der Waals surface area contributed by atoms with Gasteiger partial charge in [0.1, 0.15) is 0 Å². The quantitative estimate of drug-likeness (QED) is 0.728. The van der Waals surface area contributed by atoms with E-state index in [1.165, 1.54) is 10.9 Å². The number of hydrogen-bond donors (Lipinski definition) is 2. The van der Waals surface area contributed by atoms with Gasteiger partial charge in [0.25, 0.3) is 11.5 Å². The highest BCUT2D eigenvalue weighted by Gasteiger charge is 2.12. The second-order valence-corrected chi connectivity index (χ2v) is 6.53. The molecule has 0 aliphatic heterocycles. The number of pyridine rings is 1. The van der Waals surface area contributed by atoms with Crippen LogP contribution >= 0.6 is 0 Å². The Balaban J connectivity index is 1.83. The van der Waals surface area contributed by atoms with Crippen LogP contribution in [0.2, 0.25) is 0 Å². The molecule has 2 aromatic heterocycles. The monoisotopic (exact) mass is 361 g/mol. The van der Waals surface area contributed by atoms with E-state index in [0.29, 0.717) is 40.5 Å². The van der Waals surface area contributed by atoms with E-state index in [1.807, 2.05) is 19.9 Å². The minimum absolute atomic E-state index is 0.195. The molecular formula is C20H19N5O2. The standard InChI is InChI=1S/C20H19N5O2/c1-13(2)10-23-19(26)16-7-8-18(22-11-16)25-20(27)17(12-24-25)15-5-3-14(9-21)4-6-15/h3-8,11-13,24H,10H2,1-2H3,(H,23,26). The fourth-order valence-corrected chi connectivity index (χ4v) is 2.52. The number of H-pyrrole nitrogens is 1. The second-order valence-electron chi connectivity index (χ2n) is 6.53. The van der Waals surface area contributed by atoms with Gasteiger partial charge in [-0.3, -0.25) is 14.7 Å². The maximum atomic E-state index is 12.7. The number of nitrogens with one attached hydrogen (secondary N) is 2. The second kappa shape index (κ2) is 7.70. The topological polar surface area (TPSA) is 104 Å². The van der Waals surface area contributed by atoms with E-state index in [4.69, 9.17) is 5.26 Å². The predicted octanol–water partition coefficient (Wildman–Crippen LogP) is 2.49. The number of benzene rings is 1. The van der Waals surface area contributed by atoms with Crippen molar-refractivity contribution in [2.45, 2.75) is 13.8 Å². The molecule has 7 nitrogen and oxygen atoms in total. The summed E-state index contributed by atoms with van der Waals surface area (Å²) in [6.07, 6.45) is 3.04. The van der Waals surface area contributed by atoms with Crippen molar-refractivity contribution >= 4 is 5.91 Å². The average molecular weight is 361 g/mol. The fraction of sp³-hybridized carbons (Fsp3) is 0.200. The third kappa shape index (κ3) is 3.96. The third-order valence-electron chi connectivity index (χ3n) is 4.01. The smallest absolute Gasteiger partial charge is 0.280 e. The summed E-state index contributed by atoms with van der Waals surface area (Å²) in [7, 11) is 0. The molecule has 1 aromatic carbocycles. The number of amides is 1. The molecule has 3 aromatic rings. The first kappa shape index (κ1) is 18.1. The maximum Gasteiger partial charge on any atom is 0.280 e. The zero-order valence-electron chi connectivity index (χ0n) is 15.1. The Kier molecular flexibility index (Phi) is 5.18. The molecule has 0 spiro atoms. The molecule has 0 aliphatic rings. The lowest BCUT2D eigenvalue weighted by molar-refractivity contribution is 0.0948. The van der Waals surface area contributed by atoms with Crippen molar-refractivity contribution in [2.75, 3.05) is 6.54 Å². The van der Waals surface area contributed by atoms with E-state index in [0.717, 1.165) is 0 Å². The predicted molar refractivity (Wildman–Crippen MR) is 102 cm³/mol. The number of carbonyl (C=O) groups excluding carboxylic acids is 1. The van der Waals surface area contributed by atoms with Crippen LogP contribution in [0.15, 0.2) is 53.6 Å². The Morgan fingerprint density at radius 1 is 1.26 bits per heavy atom. The molecule has 2 heterocycles. The first-order valence-corrected chi connectivity index (χ1v) is 8.55. The zero-order valence-corrected chi connectivity index (χ0v) is 15.1. The maximum absolute atomic E-state index is 12.7. The highest BCUT2D eigenvalue weighted by Crippen LogP contribution is 2.16. The van der Waals surface area contributed by atoms with Gasteiger partial charge >= 0.3 is 0 Å². The van der Waals surface area contributed by atoms with Crippen molar-refractivity contribution in [1.29, 1.82) is 5.26 Å². The van der Waals surface area contributed by atoms with Crippen molar-refractivity contribution < 1.29 is 4.79 Å². The summed E-state index contributed by atoms with van der Waals surface area (Å²) in [5.41, 5.74) is 1.89. The molecule has 0 radical (unpaired) electrons. The lowest BCUT2D eigenvalue weighted by Gasteiger charge is -2.07. The van der Waals surface area contributed by atoms with Gasteiger partial charge in [0.15, 0.2) is 5.82 Å². The van der Waals surface area contributed by atoms with Crippen molar-refractivity contribution in [2.24, 2.45) is 5.92 Å². The van der Waals surface area contributed by atoms with Crippen LogP contribution in [0.3, 0.4) is 0 Å². The lowest BCUT2D eigenvalue weighted by atomic mass is 10.1. The van der Waals surface area contributed by atoms with Crippen LogP contribution < -0.4 is 10.9 Å². The molecule has 0 fully saturated rings. The molecule has 0 saturated heterocycles. The Morgan fingerprint density at radius 2 is 2.00 bits per heavy atom. The van der Waals surface area contributed by atoms with E-state index >= 15 is 0 Å². The summed E-state index contributed by atoms with van der Waals surface area (Å²) in [6.45, 7) is 4.63. The number of hydrogen-bond acceptors (Lipinski definition) is 4. The zero-order chi connectivity index (χ0) is 19.4. The summed E-state index contributed by atoms with van der Waals surface area (Å²) in [5, 5.41) is 14.6. The fourth-order valence-electron chi connectivity index (χ4n) is 2.52. The van der Waals surface area contributed by atoms with Gasteiger partial charge in [-0.05, 0) is 35.7 Å². The molecule has 27 heavy (non-hydrogen) atoms. The molecule has 0 saturated carbocycles. The number of nitriles is 1. The Morgan fingerprint density at radius 3 is 2.59 bits per heavy atom. The molecule has 1 amide bonds. The number of carbonyl (C=O) groups is 1. The summed E-state index contributed by atoms with van der Waals surface area (Å²) in [5.74, 6) is 0.555. The van der Waals surface area contributed by atoms with Crippen LogP contribution in [0.5, 0.6) is 0 Å². The van der Waals surface area contributed by atoms with Crippen LogP contribution in [0.25, 0.3) is 16.9 Å². The summed E-state index contributed by atoms with van der Waals surface area (Å²) in [6, 6.07) is 12.1. The van der Waals surface area contributed by atoms with Crippen LogP contribution in [0.1, 0.15) is 29.8 Å². The van der Waals surface area contributed by atoms with Gasteiger partial charge in [-0.25, -0.2) is 9.67 Å². The molecule has 7 heteroatoms. The van der Waals surface area contributed by atoms with Gasteiger partial charge in [0.2, 0.25) is 0 Å². The van der Waals surface area contributed by atoms with Crippen LogP contribution in [-0.2, 0) is 0 Å². The van der Waals surface area contributed by atoms with Crippen molar-refractivity contribution in [3.05, 3.63) is 70.3 Å². The van der Waals surface area contributed by atoms with Gasteiger partial charge in [0.05, 0.1) is 22.8 Å². The van der Waals surface area contributed by atoms with Crippen molar-refractivity contribution in [3.63, 3.8) is 0 Å². The molecule has 0 bridgehead atoms. The Hall–Kier alpha value is -3.66. The minimum atomic E-state index is -0.260. The van der Waals surface area contributed by atoms with Gasteiger partial charge < -0.3 is 5.32 Å². The van der Waals surface area contributed by atoms with Crippen molar-refractivity contribution in [1.82, 2.24) is 20.1 Å². The van der Waals surface area contributed by atoms with Gasteiger partial charge in [-0.15, -0.1) is 0 Å². The van der Waals surface area contributed by atoms with Gasteiger partial charge in [0, 0.05) is 18.9 Å². The van der Waals surface area contributed by atoms with E-state index < -0.39 is 0 Å². The van der Waals surface area contributed by atoms with Crippen LogP contribution in [0.4, 0.5) is 0 Å².